The number of hydrogen-bond acceptors (Lipinski definition) is 7. The Hall–Kier alpha value is -3.27. The van der Waals surface area contributed by atoms with Gasteiger partial charge in [0.1, 0.15) is 17.4 Å². The molecule has 2 aliphatic rings. The molecule has 1 aromatic heterocycles. The molecule has 0 aliphatic carbocycles. The molecule has 10 heteroatoms. The Labute approximate surface area is 236 Å². The number of piperidine rings is 1. The number of pyridine rings is 1. The molecule has 1 amide bonds. The summed E-state index contributed by atoms with van der Waals surface area (Å²) in [5, 5.41) is 10.3. The quantitative estimate of drug-likeness (QED) is 0.346. The van der Waals surface area contributed by atoms with Gasteiger partial charge in [0, 0.05) is 41.3 Å². The van der Waals surface area contributed by atoms with Crippen molar-refractivity contribution in [2.45, 2.75) is 48.3 Å². The molecule has 8 nitrogen and oxygen atoms in total. The highest BCUT2D eigenvalue weighted by Gasteiger charge is 2.40. The lowest BCUT2D eigenvalue weighted by atomic mass is 9.98. The van der Waals surface area contributed by atoms with Crippen molar-refractivity contribution in [3.8, 4) is 5.75 Å². The normalized spacial score (nSPS) is 18.3. The predicted octanol–water partition coefficient (Wildman–Crippen LogP) is 5.82. The maximum Gasteiger partial charge on any atom is 0.410 e. The largest absolute Gasteiger partial charge is 0.482 e. The molecule has 1 unspecified atom stereocenters. The second kappa shape index (κ2) is 12.3. The summed E-state index contributed by atoms with van der Waals surface area (Å²) in [6.07, 6.45) is 1.53. The molecule has 39 heavy (non-hydrogen) atoms. The number of hydrogen-bond donors (Lipinski definition) is 1. The maximum atomic E-state index is 12.6. The number of nitrogens with zero attached hydrogens (tertiary/aromatic N) is 3. The topological polar surface area (TPSA) is 92.2 Å². The standard InChI is InChI=1S/C29H30ClN3O5S/c1-19-21(5-10-27(31-19)39-25-8-6-24(7-9-25)37-18-28(34)35)16-32-13-11-23(12-14-32)33-26(17-38-29(33)36)20-3-2-4-22(30)15-20/h2-10,15,23,26H,11-14,16-18H2,1H3,(H,34,35). The van der Waals surface area contributed by atoms with Crippen molar-refractivity contribution in [3.63, 3.8) is 0 Å². The van der Waals surface area contributed by atoms with Crippen LogP contribution in [0.4, 0.5) is 4.79 Å². The lowest BCUT2D eigenvalue weighted by Gasteiger charge is -2.38. The van der Waals surface area contributed by atoms with E-state index in [9.17, 15) is 9.59 Å². The number of carbonyl (C=O) groups excluding carboxylic acids is 1. The van der Waals surface area contributed by atoms with Crippen molar-refractivity contribution in [1.82, 2.24) is 14.8 Å². The SMILES string of the molecule is Cc1nc(Sc2ccc(OCC(=O)O)cc2)ccc1CN1CCC(N2C(=O)OCC2c2cccc(Cl)c2)CC1. The van der Waals surface area contributed by atoms with Crippen molar-refractivity contribution < 1.29 is 24.2 Å². The number of carbonyl (C=O) groups is 2. The van der Waals surface area contributed by atoms with Crippen molar-refractivity contribution in [1.29, 1.82) is 0 Å². The number of cyclic esters (lactones) is 1. The third-order valence-corrected chi connectivity index (χ3v) is 8.25. The van der Waals surface area contributed by atoms with Crippen LogP contribution in [-0.2, 0) is 16.1 Å². The van der Waals surface area contributed by atoms with E-state index < -0.39 is 5.97 Å². The zero-order valence-corrected chi connectivity index (χ0v) is 23.2. The van der Waals surface area contributed by atoms with Gasteiger partial charge in [-0.2, -0.15) is 0 Å². The fourth-order valence-corrected chi connectivity index (χ4v) is 6.09. The smallest absolute Gasteiger partial charge is 0.410 e. The molecular weight excluding hydrogens is 538 g/mol. The Bertz CT molecular complexity index is 1330. The summed E-state index contributed by atoms with van der Waals surface area (Å²) < 4.78 is 10.6. The Balaban J connectivity index is 1.15. The van der Waals surface area contributed by atoms with Gasteiger partial charge in [-0.1, -0.05) is 41.6 Å². The van der Waals surface area contributed by atoms with Gasteiger partial charge in [0.15, 0.2) is 6.61 Å². The van der Waals surface area contributed by atoms with Gasteiger partial charge in [-0.25, -0.2) is 14.6 Å². The maximum absolute atomic E-state index is 12.6. The number of carboxylic acids is 1. The van der Waals surface area contributed by atoms with Gasteiger partial charge in [0.05, 0.1) is 6.04 Å². The van der Waals surface area contributed by atoms with Crippen LogP contribution in [0.15, 0.2) is 70.6 Å². The summed E-state index contributed by atoms with van der Waals surface area (Å²) in [4.78, 5) is 33.4. The summed E-state index contributed by atoms with van der Waals surface area (Å²) >= 11 is 7.75. The third-order valence-electron chi connectivity index (χ3n) is 7.07. The summed E-state index contributed by atoms with van der Waals surface area (Å²) in [5.41, 5.74) is 3.19. The molecule has 0 bridgehead atoms. The molecule has 204 valence electrons. The van der Waals surface area contributed by atoms with Crippen LogP contribution in [0.1, 0.15) is 35.7 Å². The molecule has 0 spiro atoms. The van der Waals surface area contributed by atoms with E-state index in [1.54, 1.807) is 23.9 Å². The highest BCUT2D eigenvalue weighted by molar-refractivity contribution is 7.99. The molecule has 2 saturated heterocycles. The molecule has 3 aromatic rings. The second-order valence-electron chi connectivity index (χ2n) is 9.71. The van der Waals surface area contributed by atoms with E-state index in [0.717, 1.165) is 53.7 Å². The Morgan fingerprint density at radius 2 is 1.92 bits per heavy atom. The van der Waals surface area contributed by atoms with Gasteiger partial charge < -0.3 is 14.6 Å². The summed E-state index contributed by atoms with van der Waals surface area (Å²) in [6.45, 7) is 4.63. The van der Waals surface area contributed by atoms with Crippen LogP contribution in [-0.4, -0.2) is 64.3 Å². The first-order valence-electron chi connectivity index (χ1n) is 12.9. The van der Waals surface area contributed by atoms with Crippen LogP contribution in [0.5, 0.6) is 5.75 Å². The molecule has 1 N–H and O–H groups in total. The van der Waals surface area contributed by atoms with Gasteiger partial charge >= 0.3 is 12.1 Å². The van der Waals surface area contributed by atoms with Gasteiger partial charge in [-0.3, -0.25) is 9.80 Å². The molecule has 2 aromatic carbocycles. The molecule has 3 heterocycles. The molecule has 2 fully saturated rings. The molecule has 2 aliphatic heterocycles. The first-order chi connectivity index (χ1) is 18.9. The lowest BCUT2D eigenvalue weighted by molar-refractivity contribution is -0.139. The number of ether oxygens (including phenoxy) is 2. The summed E-state index contributed by atoms with van der Waals surface area (Å²) in [5.74, 6) is -0.483. The molecule has 1 atom stereocenters. The summed E-state index contributed by atoms with van der Waals surface area (Å²) in [7, 11) is 0. The minimum absolute atomic E-state index is 0.0993. The first-order valence-corrected chi connectivity index (χ1v) is 14.1. The van der Waals surface area contributed by atoms with E-state index in [1.165, 1.54) is 5.56 Å². The average molecular weight is 568 g/mol. The van der Waals surface area contributed by atoms with Crippen LogP contribution < -0.4 is 4.74 Å². The number of rotatable bonds is 9. The van der Waals surface area contributed by atoms with Gasteiger partial charge in [-0.05, 0) is 73.4 Å². The van der Waals surface area contributed by atoms with E-state index in [4.69, 9.17) is 31.2 Å². The number of benzene rings is 2. The monoisotopic (exact) mass is 567 g/mol. The first kappa shape index (κ1) is 27.3. The Morgan fingerprint density at radius 1 is 1.15 bits per heavy atom. The van der Waals surface area contributed by atoms with Crippen LogP contribution >= 0.6 is 23.4 Å². The highest BCUT2D eigenvalue weighted by Crippen LogP contribution is 2.34. The van der Waals surface area contributed by atoms with Crippen LogP contribution in [0.2, 0.25) is 5.02 Å². The lowest BCUT2D eigenvalue weighted by Crippen LogP contribution is -2.46. The van der Waals surface area contributed by atoms with Crippen molar-refractivity contribution in [2.75, 3.05) is 26.3 Å². The van der Waals surface area contributed by atoms with E-state index in [-0.39, 0.29) is 24.8 Å². The summed E-state index contributed by atoms with van der Waals surface area (Å²) in [6, 6.07) is 19.2. The molecule has 5 rings (SSSR count). The van der Waals surface area contributed by atoms with Crippen molar-refractivity contribution >= 4 is 35.4 Å². The van der Waals surface area contributed by atoms with Gasteiger partial charge in [0.2, 0.25) is 0 Å². The zero-order chi connectivity index (χ0) is 27.4. The molecule has 0 radical (unpaired) electrons. The van der Waals surface area contributed by atoms with E-state index in [2.05, 4.69) is 11.0 Å². The number of aromatic nitrogens is 1. The van der Waals surface area contributed by atoms with Crippen molar-refractivity contribution in [3.05, 3.63) is 82.5 Å². The Morgan fingerprint density at radius 3 is 2.62 bits per heavy atom. The van der Waals surface area contributed by atoms with Gasteiger partial charge in [-0.15, -0.1) is 0 Å². The fraction of sp³-hybridized carbons (Fsp3) is 0.345. The van der Waals surface area contributed by atoms with Crippen molar-refractivity contribution in [2.24, 2.45) is 0 Å². The molecular formula is C29H30ClN3O5S. The number of carboxylic acid groups (broad SMARTS) is 1. The Kier molecular flexibility index (Phi) is 8.60. The van der Waals surface area contributed by atoms with E-state index in [1.807, 2.05) is 54.3 Å². The second-order valence-corrected chi connectivity index (χ2v) is 11.2. The number of likely N-dealkylation sites (tertiary alicyclic amines) is 1. The number of amides is 1. The van der Waals surface area contributed by atoms with Crippen LogP contribution in [0, 0.1) is 6.92 Å². The van der Waals surface area contributed by atoms with Gasteiger partial charge in [0.25, 0.3) is 0 Å². The number of aryl methyl sites for hydroxylation is 1. The van der Waals surface area contributed by atoms with E-state index >= 15 is 0 Å². The van der Waals surface area contributed by atoms with Crippen LogP contribution in [0.25, 0.3) is 0 Å². The third kappa shape index (κ3) is 6.84. The van der Waals surface area contributed by atoms with E-state index in [0.29, 0.717) is 17.4 Å². The molecule has 0 saturated carbocycles. The van der Waals surface area contributed by atoms with Crippen LogP contribution in [0.3, 0.4) is 0 Å². The minimum Gasteiger partial charge on any atom is -0.482 e. The fourth-order valence-electron chi connectivity index (χ4n) is 5.06. The average Bonchev–Trinajstić information content (AvgIpc) is 3.31. The number of aliphatic carboxylic acids is 1. The predicted molar refractivity (Wildman–Crippen MR) is 148 cm³/mol. The highest BCUT2D eigenvalue weighted by atomic mass is 35.5. The number of halogens is 1. The minimum atomic E-state index is -1.00. The zero-order valence-electron chi connectivity index (χ0n) is 21.6.